The average Bonchev–Trinajstić information content (AvgIpc) is 3.83. The van der Waals surface area contributed by atoms with E-state index in [1.807, 2.05) is 0 Å². The summed E-state index contributed by atoms with van der Waals surface area (Å²) in [4.78, 5) is 4.66. The van der Waals surface area contributed by atoms with E-state index in [0.29, 0.717) is 0 Å². The molecular weight excluding hydrogens is 883 g/mol. The SMILES string of the molecule is c1ccc(-c2ccc(N(c3ccc(-c4cccc5c4ccc4c(-c6ccccc6)c(-c6ccccc6)n(-c6cccc7ccccc67)c45)cc3)c3ccc(N(c4ccccc4)c4ccccc4)cc3)cc2)cc1. The van der Waals surface area contributed by atoms with E-state index in [0.717, 1.165) is 45.4 Å². The second-order valence-electron chi connectivity index (χ2n) is 18.5. The van der Waals surface area contributed by atoms with Gasteiger partial charge in [-0.15, -0.1) is 0 Å². The predicted molar refractivity (Wildman–Crippen MR) is 309 cm³/mol. The average molecular weight is 932 g/mol. The molecule has 0 bridgehead atoms. The van der Waals surface area contributed by atoms with E-state index >= 15 is 0 Å². The smallest absolute Gasteiger partial charge is 0.0620 e. The topological polar surface area (TPSA) is 11.4 Å². The molecule has 3 nitrogen and oxygen atoms in total. The van der Waals surface area contributed by atoms with Gasteiger partial charge in [0, 0.05) is 55.8 Å². The molecule has 0 radical (unpaired) electrons. The molecule has 0 N–H and O–H groups in total. The minimum atomic E-state index is 1.07. The van der Waals surface area contributed by atoms with E-state index < -0.39 is 0 Å². The lowest BCUT2D eigenvalue weighted by atomic mass is 9.94. The number of nitrogens with zero attached hydrogens (tertiary/aromatic N) is 3. The maximum absolute atomic E-state index is 2.54. The Morgan fingerprint density at radius 1 is 0.233 bits per heavy atom. The molecule has 344 valence electrons. The van der Waals surface area contributed by atoms with Crippen molar-refractivity contribution in [2.75, 3.05) is 9.80 Å². The highest BCUT2D eigenvalue weighted by atomic mass is 15.2. The molecule has 0 aliphatic carbocycles. The van der Waals surface area contributed by atoms with Crippen LogP contribution in [0.15, 0.2) is 297 Å². The Morgan fingerprint density at radius 3 is 1.21 bits per heavy atom. The van der Waals surface area contributed by atoms with Gasteiger partial charge in [0.2, 0.25) is 0 Å². The molecule has 0 amide bonds. The molecule has 0 unspecified atom stereocenters. The molecule has 3 heteroatoms. The fraction of sp³-hybridized carbons (Fsp3) is 0. The third-order valence-electron chi connectivity index (χ3n) is 14.2. The Morgan fingerprint density at radius 2 is 0.630 bits per heavy atom. The highest BCUT2D eigenvalue weighted by Gasteiger charge is 2.25. The first-order chi connectivity index (χ1) is 36.2. The molecule has 0 saturated carbocycles. The van der Waals surface area contributed by atoms with Crippen molar-refractivity contribution in [1.82, 2.24) is 4.57 Å². The monoisotopic (exact) mass is 931 g/mol. The van der Waals surface area contributed by atoms with E-state index in [1.54, 1.807) is 0 Å². The number of benzene rings is 12. The summed E-state index contributed by atoms with van der Waals surface area (Å²) in [7, 11) is 0. The van der Waals surface area contributed by atoms with Crippen LogP contribution in [0.1, 0.15) is 0 Å². The molecule has 13 aromatic rings. The lowest BCUT2D eigenvalue weighted by Crippen LogP contribution is -2.12. The standard InChI is InChI=1S/C70H49N3/c1-6-20-50(21-7-1)51-36-40-58(41-37-51)72(61-46-44-60(45-47-61)71(56-28-12-4-13-29-56)57-30-14-5-15-31-57)59-42-38-53(39-43-59)62-33-19-34-65-64(62)48-49-66-68(54-23-8-2-9-24-54)69(55-25-10-3-11-26-55)73(70(65)66)67-35-18-27-52-22-16-17-32-63(52)67/h1-49H. The van der Waals surface area contributed by atoms with Crippen molar-refractivity contribution >= 4 is 66.6 Å². The zero-order valence-electron chi connectivity index (χ0n) is 40.1. The molecule has 1 heterocycles. The number of rotatable bonds is 11. The van der Waals surface area contributed by atoms with Crippen molar-refractivity contribution in [1.29, 1.82) is 0 Å². The van der Waals surface area contributed by atoms with Crippen LogP contribution in [0, 0.1) is 0 Å². The lowest BCUT2D eigenvalue weighted by Gasteiger charge is -2.28. The second kappa shape index (κ2) is 18.9. The minimum Gasteiger partial charge on any atom is -0.311 e. The number of aromatic nitrogens is 1. The number of hydrogen-bond donors (Lipinski definition) is 0. The van der Waals surface area contributed by atoms with E-state index in [9.17, 15) is 0 Å². The van der Waals surface area contributed by atoms with Crippen LogP contribution in [0.25, 0.3) is 82.8 Å². The van der Waals surface area contributed by atoms with E-state index in [2.05, 4.69) is 312 Å². The Bertz CT molecular complexity index is 3980. The summed E-state index contributed by atoms with van der Waals surface area (Å²) < 4.78 is 2.54. The van der Waals surface area contributed by atoms with Crippen molar-refractivity contribution in [3.8, 4) is 50.3 Å². The van der Waals surface area contributed by atoms with Crippen molar-refractivity contribution in [2.24, 2.45) is 0 Å². The summed E-state index contributed by atoms with van der Waals surface area (Å²) >= 11 is 0. The van der Waals surface area contributed by atoms with Crippen LogP contribution >= 0.6 is 0 Å². The largest absolute Gasteiger partial charge is 0.311 e. The van der Waals surface area contributed by atoms with Crippen molar-refractivity contribution in [3.63, 3.8) is 0 Å². The van der Waals surface area contributed by atoms with Gasteiger partial charge in [0.15, 0.2) is 0 Å². The predicted octanol–water partition coefficient (Wildman–Crippen LogP) is 19.5. The van der Waals surface area contributed by atoms with Gasteiger partial charge >= 0.3 is 0 Å². The molecule has 0 aliphatic rings. The Kier molecular flexibility index (Phi) is 11.2. The van der Waals surface area contributed by atoms with Gasteiger partial charge in [-0.1, -0.05) is 218 Å². The fourth-order valence-electron chi connectivity index (χ4n) is 10.8. The first-order valence-electron chi connectivity index (χ1n) is 25.0. The van der Waals surface area contributed by atoms with Crippen LogP contribution in [-0.4, -0.2) is 4.57 Å². The van der Waals surface area contributed by atoms with Gasteiger partial charge in [-0.2, -0.15) is 0 Å². The Labute approximate surface area is 426 Å². The summed E-state index contributed by atoms with van der Waals surface area (Å²) in [5.41, 5.74) is 18.3. The number of anilines is 6. The molecule has 1 aromatic heterocycles. The van der Waals surface area contributed by atoms with Crippen molar-refractivity contribution < 1.29 is 0 Å². The molecule has 73 heavy (non-hydrogen) atoms. The van der Waals surface area contributed by atoms with Crippen LogP contribution in [-0.2, 0) is 0 Å². The van der Waals surface area contributed by atoms with Crippen LogP contribution in [0.2, 0.25) is 0 Å². The molecule has 0 fully saturated rings. The summed E-state index contributed by atoms with van der Waals surface area (Å²) in [6, 6.07) is 107. The zero-order chi connectivity index (χ0) is 48.5. The Hall–Kier alpha value is -9.70. The summed E-state index contributed by atoms with van der Waals surface area (Å²) in [6.45, 7) is 0. The minimum absolute atomic E-state index is 1.07. The first kappa shape index (κ1) is 43.3. The highest BCUT2D eigenvalue weighted by Crippen LogP contribution is 2.48. The van der Waals surface area contributed by atoms with E-state index in [4.69, 9.17) is 0 Å². The normalized spacial score (nSPS) is 11.3. The molecule has 0 saturated heterocycles. The first-order valence-corrected chi connectivity index (χ1v) is 25.0. The van der Waals surface area contributed by atoms with Gasteiger partial charge in [0.25, 0.3) is 0 Å². The zero-order valence-corrected chi connectivity index (χ0v) is 40.1. The van der Waals surface area contributed by atoms with Gasteiger partial charge in [-0.25, -0.2) is 0 Å². The summed E-state index contributed by atoms with van der Waals surface area (Å²) in [5.74, 6) is 0. The lowest BCUT2D eigenvalue weighted by molar-refractivity contribution is 1.16. The van der Waals surface area contributed by atoms with Crippen molar-refractivity contribution in [2.45, 2.75) is 0 Å². The molecule has 12 aromatic carbocycles. The number of fused-ring (bicyclic) bond motifs is 4. The molecule has 0 aliphatic heterocycles. The maximum atomic E-state index is 2.54. The van der Waals surface area contributed by atoms with Gasteiger partial charge in [0.1, 0.15) is 0 Å². The van der Waals surface area contributed by atoms with Gasteiger partial charge in [-0.3, -0.25) is 0 Å². The van der Waals surface area contributed by atoms with Crippen LogP contribution < -0.4 is 9.80 Å². The van der Waals surface area contributed by atoms with Crippen molar-refractivity contribution in [3.05, 3.63) is 297 Å². The number of para-hydroxylation sites is 2. The van der Waals surface area contributed by atoms with E-state index in [1.165, 1.54) is 71.5 Å². The van der Waals surface area contributed by atoms with Crippen LogP contribution in [0.3, 0.4) is 0 Å². The number of hydrogen-bond acceptors (Lipinski definition) is 2. The molecule has 0 atom stereocenters. The summed E-state index contributed by atoms with van der Waals surface area (Å²) in [6.07, 6.45) is 0. The second-order valence-corrected chi connectivity index (χ2v) is 18.5. The van der Waals surface area contributed by atoms with E-state index in [-0.39, 0.29) is 0 Å². The fourth-order valence-corrected chi connectivity index (χ4v) is 10.8. The van der Waals surface area contributed by atoms with Crippen LogP contribution in [0.4, 0.5) is 34.1 Å². The maximum Gasteiger partial charge on any atom is 0.0620 e. The van der Waals surface area contributed by atoms with Gasteiger partial charge < -0.3 is 14.4 Å². The molecular formula is C70H49N3. The highest BCUT2D eigenvalue weighted by molar-refractivity contribution is 6.19. The molecule has 0 spiro atoms. The quantitative estimate of drug-likeness (QED) is 0.128. The third-order valence-corrected chi connectivity index (χ3v) is 14.2. The Balaban J connectivity index is 0.958. The molecule has 13 rings (SSSR count). The summed E-state index contributed by atoms with van der Waals surface area (Å²) in [5, 5.41) is 6.04. The van der Waals surface area contributed by atoms with Crippen LogP contribution in [0.5, 0.6) is 0 Å². The van der Waals surface area contributed by atoms with Gasteiger partial charge in [0.05, 0.1) is 16.9 Å². The van der Waals surface area contributed by atoms with Gasteiger partial charge in [-0.05, 0) is 123 Å². The third kappa shape index (κ3) is 8.00.